The summed E-state index contributed by atoms with van der Waals surface area (Å²) >= 11 is 0. The van der Waals surface area contributed by atoms with Crippen molar-refractivity contribution in [2.75, 3.05) is 13.7 Å². The van der Waals surface area contributed by atoms with Crippen molar-refractivity contribution >= 4 is 11.6 Å². The first kappa shape index (κ1) is 22.8. The molecule has 7 nitrogen and oxygen atoms in total. The van der Waals surface area contributed by atoms with Crippen LogP contribution in [0.4, 0.5) is 13.2 Å². The number of pyridine rings is 1. The van der Waals surface area contributed by atoms with Crippen LogP contribution in [0.25, 0.3) is 16.9 Å². The average molecular weight is 481 g/mol. The van der Waals surface area contributed by atoms with Crippen molar-refractivity contribution in [2.45, 2.75) is 31.5 Å². The molecule has 5 rings (SSSR count). The lowest BCUT2D eigenvalue weighted by Crippen LogP contribution is -2.38. The first-order valence-electron chi connectivity index (χ1n) is 11.2. The lowest BCUT2D eigenvalue weighted by molar-refractivity contribution is -0.142. The molecule has 0 bridgehead atoms. The molecular formula is C25H22F3N5O2. The van der Waals surface area contributed by atoms with Gasteiger partial charge in [-0.3, -0.25) is 9.78 Å². The van der Waals surface area contributed by atoms with Crippen molar-refractivity contribution in [1.82, 2.24) is 24.5 Å². The Morgan fingerprint density at radius 2 is 1.91 bits per heavy atom. The summed E-state index contributed by atoms with van der Waals surface area (Å²) in [5.74, 6) is 0.165. The van der Waals surface area contributed by atoms with Crippen molar-refractivity contribution < 1.29 is 22.7 Å². The number of amides is 1. The summed E-state index contributed by atoms with van der Waals surface area (Å²) in [7, 11) is 1.50. The predicted molar refractivity (Wildman–Crippen MR) is 122 cm³/mol. The number of nitrogens with zero attached hydrogens (tertiary/aromatic N) is 5. The number of rotatable bonds is 4. The number of halogens is 3. The fourth-order valence-corrected chi connectivity index (χ4v) is 4.47. The van der Waals surface area contributed by atoms with E-state index in [9.17, 15) is 18.0 Å². The SMILES string of the molecule is COc1ccc(-c2cc(C(F)(F)F)n3ncc(C(=O)N4CCCC[C@H]4c4cccnc4)c3n2)cc1. The Morgan fingerprint density at radius 3 is 2.60 bits per heavy atom. The molecule has 0 radical (unpaired) electrons. The number of aromatic nitrogens is 4. The smallest absolute Gasteiger partial charge is 0.433 e. The molecule has 1 atom stereocenters. The first-order chi connectivity index (χ1) is 16.9. The fraction of sp³-hybridized carbons (Fsp3) is 0.280. The van der Waals surface area contributed by atoms with E-state index in [1.165, 1.54) is 13.3 Å². The third kappa shape index (κ3) is 4.31. The zero-order valence-electron chi connectivity index (χ0n) is 18.9. The lowest BCUT2D eigenvalue weighted by Gasteiger charge is -2.35. The van der Waals surface area contributed by atoms with E-state index >= 15 is 0 Å². The van der Waals surface area contributed by atoms with Gasteiger partial charge in [0, 0.05) is 24.5 Å². The van der Waals surface area contributed by atoms with Crippen LogP contribution in [0.1, 0.15) is 46.9 Å². The normalized spacial score (nSPS) is 16.5. The topological polar surface area (TPSA) is 72.6 Å². The summed E-state index contributed by atoms with van der Waals surface area (Å²) in [6.07, 6.45) is 2.34. The van der Waals surface area contributed by atoms with Gasteiger partial charge >= 0.3 is 6.18 Å². The summed E-state index contributed by atoms with van der Waals surface area (Å²) in [4.78, 5) is 24.0. The third-order valence-electron chi connectivity index (χ3n) is 6.21. The van der Waals surface area contributed by atoms with Gasteiger partial charge in [-0.2, -0.15) is 18.3 Å². The highest BCUT2D eigenvalue weighted by molar-refractivity contribution is 6.00. The van der Waals surface area contributed by atoms with Crippen molar-refractivity contribution in [3.63, 3.8) is 0 Å². The van der Waals surface area contributed by atoms with E-state index in [0.717, 1.165) is 30.9 Å². The van der Waals surface area contributed by atoms with E-state index in [4.69, 9.17) is 4.74 Å². The number of carbonyl (C=O) groups is 1. The largest absolute Gasteiger partial charge is 0.497 e. The number of hydrogen-bond donors (Lipinski definition) is 0. The van der Waals surface area contributed by atoms with Crippen molar-refractivity contribution in [3.05, 3.63) is 77.9 Å². The molecule has 0 N–H and O–H groups in total. The van der Waals surface area contributed by atoms with Crippen molar-refractivity contribution in [3.8, 4) is 17.0 Å². The Morgan fingerprint density at radius 1 is 1.11 bits per heavy atom. The molecule has 0 saturated carbocycles. The lowest BCUT2D eigenvalue weighted by atomic mass is 9.95. The van der Waals surface area contributed by atoms with Crippen LogP contribution in [0, 0.1) is 0 Å². The molecule has 10 heteroatoms. The van der Waals surface area contributed by atoms with Gasteiger partial charge in [-0.1, -0.05) is 6.07 Å². The predicted octanol–water partition coefficient (Wildman–Crippen LogP) is 5.19. The molecule has 1 aliphatic rings. The van der Waals surface area contributed by atoms with Gasteiger partial charge in [0.1, 0.15) is 11.3 Å². The second-order valence-electron chi connectivity index (χ2n) is 8.34. The highest BCUT2D eigenvalue weighted by Gasteiger charge is 2.37. The quantitative estimate of drug-likeness (QED) is 0.401. The zero-order chi connectivity index (χ0) is 24.6. The van der Waals surface area contributed by atoms with Gasteiger partial charge in [-0.05, 0) is 61.2 Å². The minimum Gasteiger partial charge on any atom is -0.497 e. The summed E-state index contributed by atoms with van der Waals surface area (Å²) in [5.41, 5.74) is 0.330. The summed E-state index contributed by atoms with van der Waals surface area (Å²) in [6.45, 7) is 0.486. The van der Waals surface area contributed by atoms with Crippen molar-refractivity contribution in [2.24, 2.45) is 0 Å². The Hall–Kier alpha value is -3.95. The van der Waals surface area contributed by atoms with Crippen molar-refractivity contribution in [1.29, 1.82) is 0 Å². The minimum absolute atomic E-state index is 0.0293. The Kier molecular flexibility index (Phi) is 5.88. The third-order valence-corrected chi connectivity index (χ3v) is 6.21. The highest BCUT2D eigenvalue weighted by atomic mass is 19.4. The average Bonchev–Trinajstić information content (AvgIpc) is 3.31. The van der Waals surface area contributed by atoms with E-state index in [1.54, 1.807) is 47.6 Å². The van der Waals surface area contributed by atoms with Crippen LogP contribution in [-0.2, 0) is 6.18 Å². The first-order valence-corrected chi connectivity index (χ1v) is 11.2. The number of hydrogen-bond acceptors (Lipinski definition) is 5. The molecule has 1 amide bonds. The number of fused-ring (bicyclic) bond motifs is 1. The number of alkyl halides is 3. The monoisotopic (exact) mass is 481 g/mol. The molecule has 0 spiro atoms. The number of methoxy groups -OCH3 is 1. The molecular weight excluding hydrogens is 459 g/mol. The van der Waals surface area contributed by atoms with Crippen LogP contribution in [0.5, 0.6) is 5.75 Å². The molecule has 3 aromatic heterocycles. The number of ether oxygens (including phenoxy) is 1. The van der Waals surface area contributed by atoms with E-state index in [2.05, 4.69) is 15.1 Å². The molecule has 1 aromatic carbocycles. The second-order valence-corrected chi connectivity index (χ2v) is 8.34. The Balaban J connectivity index is 1.61. The molecule has 1 aliphatic heterocycles. The summed E-state index contributed by atoms with van der Waals surface area (Å²) in [5, 5.41) is 3.92. The van der Waals surface area contributed by atoms with Crippen LogP contribution >= 0.6 is 0 Å². The van der Waals surface area contributed by atoms with Gasteiger partial charge in [0.25, 0.3) is 5.91 Å². The molecule has 0 aliphatic carbocycles. The number of benzene rings is 1. The van der Waals surface area contributed by atoms with Gasteiger partial charge in [0.05, 0.1) is 25.0 Å². The molecule has 35 heavy (non-hydrogen) atoms. The maximum absolute atomic E-state index is 14.0. The van der Waals surface area contributed by atoms with Gasteiger partial charge in [0.2, 0.25) is 0 Å². The zero-order valence-corrected chi connectivity index (χ0v) is 18.9. The van der Waals surface area contributed by atoms with E-state index < -0.39 is 17.8 Å². The van der Waals surface area contributed by atoms with Gasteiger partial charge < -0.3 is 9.64 Å². The number of likely N-dealkylation sites (tertiary alicyclic amines) is 1. The number of carbonyl (C=O) groups excluding carboxylic acids is 1. The van der Waals surface area contributed by atoms with E-state index in [1.807, 2.05) is 6.07 Å². The van der Waals surface area contributed by atoms with Crippen LogP contribution in [0.15, 0.2) is 61.1 Å². The van der Waals surface area contributed by atoms with Gasteiger partial charge in [-0.15, -0.1) is 0 Å². The van der Waals surface area contributed by atoms with E-state index in [-0.39, 0.29) is 22.9 Å². The van der Waals surface area contributed by atoms with Crippen LogP contribution < -0.4 is 4.74 Å². The molecule has 180 valence electrons. The summed E-state index contributed by atoms with van der Waals surface area (Å²) in [6, 6.07) is 11.0. The highest BCUT2D eigenvalue weighted by Crippen LogP contribution is 2.35. The molecule has 4 aromatic rings. The Labute approximate surface area is 199 Å². The minimum atomic E-state index is -4.70. The Bertz CT molecular complexity index is 1350. The number of piperidine rings is 1. The molecule has 1 fully saturated rings. The summed E-state index contributed by atoms with van der Waals surface area (Å²) < 4.78 is 47.7. The second kappa shape index (κ2) is 9.01. The standard InChI is InChI=1S/C25H22F3N5O2/c1-35-18-9-7-16(8-10-18)20-13-22(25(26,27)28)33-23(31-20)19(15-30-33)24(34)32-12-3-2-6-21(32)17-5-4-11-29-14-17/h4-5,7-11,13-15,21H,2-3,6,12H2,1H3/t21-/m0/s1. The van der Waals surface area contributed by atoms with Crippen LogP contribution in [-0.4, -0.2) is 44.0 Å². The molecule has 4 heterocycles. The van der Waals surface area contributed by atoms with Gasteiger partial charge in [0.15, 0.2) is 11.3 Å². The molecule has 0 unspecified atom stereocenters. The van der Waals surface area contributed by atoms with E-state index in [0.29, 0.717) is 22.4 Å². The van der Waals surface area contributed by atoms with Crippen LogP contribution in [0.2, 0.25) is 0 Å². The maximum Gasteiger partial charge on any atom is 0.433 e. The molecule has 1 saturated heterocycles. The van der Waals surface area contributed by atoms with Gasteiger partial charge in [-0.25, -0.2) is 9.50 Å². The van der Waals surface area contributed by atoms with Crippen LogP contribution in [0.3, 0.4) is 0 Å². The maximum atomic E-state index is 14.0. The fourth-order valence-electron chi connectivity index (χ4n) is 4.47.